The lowest BCUT2D eigenvalue weighted by Gasteiger charge is -2.41. The molecular weight excluding hydrogens is 607 g/mol. The number of hydrogen-bond donors (Lipinski definition) is 1. The summed E-state index contributed by atoms with van der Waals surface area (Å²) in [6, 6.07) is 17.9. The van der Waals surface area contributed by atoms with Gasteiger partial charge in [0.1, 0.15) is 6.04 Å². The van der Waals surface area contributed by atoms with E-state index in [4.69, 9.17) is 27.9 Å². The fraction of sp³-hybridized carbons (Fsp3) is 0.333. The van der Waals surface area contributed by atoms with Gasteiger partial charge >= 0.3 is 5.97 Å². The minimum atomic E-state index is -4.20. The van der Waals surface area contributed by atoms with Crippen molar-refractivity contribution < 1.29 is 22.7 Å². The lowest BCUT2D eigenvalue weighted by atomic mass is 9.88. The van der Waals surface area contributed by atoms with Gasteiger partial charge in [0, 0.05) is 15.6 Å². The number of esters is 1. The van der Waals surface area contributed by atoms with Crippen molar-refractivity contribution in [1.82, 2.24) is 9.62 Å². The van der Waals surface area contributed by atoms with Gasteiger partial charge in [0.05, 0.1) is 24.1 Å². The summed E-state index contributed by atoms with van der Waals surface area (Å²) < 4.78 is 35.6. The van der Waals surface area contributed by atoms with E-state index in [1.807, 2.05) is 13.8 Å². The highest BCUT2D eigenvalue weighted by molar-refractivity contribution is 7.89. The second-order valence-electron chi connectivity index (χ2n) is 10.7. The number of nitrogens with zero attached hydrogens (tertiary/aromatic N) is 1. The maximum atomic E-state index is 14.7. The molecule has 1 heterocycles. The van der Waals surface area contributed by atoms with Gasteiger partial charge in [0.25, 0.3) is 0 Å². The van der Waals surface area contributed by atoms with Crippen LogP contribution < -0.4 is 5.32 Å². The fourth-order valence-electron chi connectivity index (χ4n) is 5.29. The standard InChI is InChI=1S/C32H34Cl2N2O5S.CH4/c1-20(2)18-27(32(38)41-4)35-31(37)26-16-17-28(22-12-14-24(33)15-13-22)36(30(26)23-9-7-10-25(34)19-23)42(39,40)29-11-6-5-8-21(29)3;/h5-16,19-20,27-28,30H,17-18H2,1-4H3,(H,35,37);1H4/t27-,28?,30-;/m0./s1. The van der Waals surface area contributed by atoms with Gasteiger partial charge in [-0.25, -0.2) is 13.2 Å². The molecule has 0 aromatic heterocycles. The summed E-state index contributed by atoms with van der Waals surface area (Å²) in [5.41, 5.74) is 1.99. The smallest absolute Gasteiger partial charge is 0.328 e. The summed E-state index contributed by atoms with van der Waals surface area (Å²) in [4.78, 5) is 26.7. The molecule has 0 radical (unpaired) electrons. The molecule has 3 aromatic carbocycles. The van der Waals surface area contributed by atoms with Crippen molar-refractivity contribution in [2.24, 2.45) is 5.92 Å². The van der Waals surface area contributed by atoms with Crippen LogP contribution in [0.5, 0.6) is 0 Å². The lowest BCUT2D eigenvalue weighted by Crippen LogP contribution is -2.48. The van der Waals surface area contributed by atoms with E-state index in [1.54, 1.807) is 85.8 Å². The van der Waals surface area contributed by atoms with Crippen LogP contribution in [0, 0.1) is 12.8 Å². The molecule has 0 saturated carbocycles. The van der Waals surface area contributed by atoms with Crippen LogP contribution in [-0.4, -0.2) is 37.8 Å². The van der Waals surface area contributed by atoms with Crippen molar-refractivity contribution in [2.45, 2.75) is 64.1 Å². The van der Waals surface area contributed by atoms with Crippen molar-refractivity contribution in [1.29, 1.82) is 0 Å². The molecule has 0 bridgehead atoms. The first kappa shape index (κ1) is 34.3. The Morgan fingerprint density at radius 1 is 0.977 bits per heavy atom. The Morgan fingerprint density at radius 3 is 2.26 bits per heavy atom. The summed E-state index contributed by atoms with van der Waals surface area (Å²) >= 11 is 12.6. The highest BCUT2D eigenvalue weighted by Gasteiger charge is 2.45. The summed E-state index contributed by atoms with van der Waals surface area (Å²) in [7, 11) is -2.93. The third-order valence-corrected chi connectivity index (χ3v) is 9.77. The first-order chi connectivity index (χ1) is 19.9. The van der Waals surface area contributed by atoms with Crippen LogP contribution in [0.25, 0.3) is 0 Å². The normalized spacial score (nSPS) is 17.9. The third-order valence-electron chi connectivity index (χ3n) is 7.25. The molecule has 0 fully saturated rings. The minimum absolute atomic E-state index is 0. The Morgan fingerprint density at radius 2 is 1.65 bits per heavy atom. The average Bonchev–Trinajstić information content (AvgIpc) is 2.96. The van der Waals surface area contributed by atoms with Gasteiger partial charge in [0.15, 0.2) is 0 Å². The Hall–Kier alpha value is -3.17. The number of benzene rings is 3. The van der Waals surface area contributed by atoms with Gasteiger partial charge in [-0.15, -0.1) is 0 Å². The Kier molecular flexibility index (Phi) is 11.6. The number of nitrogens with one attached hydrogen (secondary N) is 1. The summed E-state index contributed by atoms with van der Waals surface area (Å²) in [6.45, 7) is 5.60. The molecule has 0 spiro atoms. The number of carbonyl (C=O) groups excluding carboxylic acids is 2. The predicted octanol–water partition coefficient (Wildman–Crippen LogP) is 7.45. The number of carbonyl (C=O) groups is 2. The van der Waals surface area contributed by atoms with E-state index in [-0.39, 0.29) is 30.2 Å². The van der Waals surface area contributed by atoms with Crippen LogP contribution >= 0.6 is 23.2 Å². The lowest BCUT2D eigenvalue weighted by molar-refractivity contribution is -0.145. The van der Waals surface area contributed by atoms with Crippen molar-refractivity contribution in [3.8, 4) is 0 Å². The zero-order chi connectivity index (χ0) is 30.6. The van der Waals surface area contributed by atoms with Gasteiger partial charge < -0.3 is 10.1 Å². The van der Waals surface area contributed by atoms with Crippen molar-refractivity contribution in [3.63, 3.8) is 0 Å². The summed E-state index contributed by atoms with van der Waals surface area (Å²) in [6.07, 6.45) is 2.31. The number of sulfonamides is 1. The number of methoxy groups -OCH3 is 1. The first-order valence-corrected chi connectivity index (χ1v) is 15.8. The van der Waals surface area contributed by atoms with Crippen LogP contribution in [0.3, 0.4) is 0 Å². The maximum absolute atomic E-state index is 14.7. The minimum Gasteiger partial charge on any atom is -0.467 e. The quantitative estimate of drug-likeness (QED) is 0.244. The number of halogens is 2. The molecule has 1 amide bonds. The van der Waals surface area contributed by atoms with Crippen LogP contribution in [0.2, 0.25) is 10.0 Å². The van der Waals surface area contributed by atoms with Crippen LogP contribution in [0.4, 0.5) is 0 Å². The van der Waals surface area contributed by atoms with Crippen molar-refractivity contribution in [3.05, 3.63) is 111 Å². The second kappa shape index (κ2) is 14.5. The predicted molar refractivity (Wildman–Crippen MR) is 171 cm³/mol. The number of ether oxygens (including phenoxy) is 1. The van der Waals surface area contributed by atoms with E-state index >= 15 is 0 Å². The average molecular weight is 646 g/mol. The van der Waals surface area contributed by atoms with E-state index in [2.05, 4.69) is 5.32 Å². The van der Waals surface area contributed by atoms with Crippen LogP contribution in [0.1, 0.15) is 62.9 Å². The molecule has 0 aliphatic carbocycles. The van der Waals surface area contributed by atoms with E-state index < -0.39 is 40.0 Å². The highest BCUT2D eigenvalue weighted by Crippen LogP contribution is 2.46. The van der Waals surface area contributed by atoms with Crippen LogP contribution in [-0.2, 0) is 24.3 Å². The molecule has 7 nitrogen and oxygen atoms in total. The van der Waals surface area contributed by atoms with Gasteiger partial charge in [0.2, 0.25) is 15.9 Å². The number of aryl methyl sites for hydroxylation is 1. The second-order valence-corrected chi connectivity index (χ2v) is 13.4. The van der Waals surface area contributed by atoms with Gasteiger partial charge in [-0.05, 0) is 72.7 Å². The van der Waals surface area contributed by atoms with Gasteiger partial charge in [-0.2, -0.15) is 4.31 Å². The van der Waals surface area contributed by atoms with E-state index in [1.165, 1.54) is 11.4 Å². The fourth-order valence-corrected chi connectivity index (χ4v) is 7.63. The monoisotopic (exact) mass is 644 g/mol. The zero-order valence-corrected chi connectivity index (χ0v) is 26.2. The molecule has 1 unspecified atom stereocenters. The number of hydrogen-bond acceptors (Lipinski definition) is 5. The topological polar surface area (TPSA) is 92.8 Å². The number of rotatable bonds is 9. The third kappa shape index (κ3) is 7.68. The molecule has 3 aromatic rings. The highest BCUT2D eigenvalue weighted by atomic mass is 35.5. The van der Waals surface area contributed by atoms with Crippen molar-refractivity contribution >= 4 is 45.1 Å². The molecule has 3 atom stereocenters. The molecule has 230 valence electrons. The molecule has 1 aliphatic heterocycles. The Bertz CT molecular complexity index is 1590. The largest absolute Gasteiger partial charge is 0.467 e. The summed E-state index contributed by atoms with van der Waals surface area (Å²) in [5.74, 6) is -1.04. The zero-order valence-electron chi connectivity index (χ0n) is 23.9. The molecule has 43 heavy (non-hydrogen) atoms. The molecule has 1 aliphatic rings. The molecule has 0 saturated heterocycles. The Balaban J connectivity index is 0.00000506. The molecular formula is C33H38Cl2N2O5S. The van der Waals surface area contributed by atoms with E-state index in [9.17, 15) is 18.0 Å². The van der Waals surface area contributed by atoms with Gasteiger partial charge in [-0.1, -0.05) is 93.0 Å². The molecule has 10 heteroatoms. The first-order valence-electron chi connectivity index (χ1n) is 13.6. The van der Waals surface area contributed by atoms with E-state index in [0.717, 1.165) is 0 Å². The molecule has 4 rings (SSSR count). The SMILES string of the molecule is C.COC(=O)[C@H](CC(C)C)NC(=O)C1=CCC(c2ccc(Cl)cc2)N(S(=O)(=O)c2ccccc2C)[C@H]1c1cccc(Cl)c1. The Labute approximate surface area is 264 Å². The van der Waals surface area contributed by atoms with Crippen molar-refractivity contribution in [2.75, 3.05) is 7.11 Å². The van der Waals surface area contributed by atoms with E-state index in [0.29, 0.717) is 33.2 Å². The van der Waals surface area contributed by atoms with Crippen LogP contribution in [0.15, 0.2) is 89.3 Å². The van der Waals surface area contributed by atoms with Gasteiger partial charge in [-0.3, -0.25) is 4.79 Å². The summed E-state index contributed by atoms with van der Waals surface area (Å²) in [5, 5.41) is 3.72. The number of amides is 1. The molecule has 1 N–H and O–H groups in total. The maximum Gasteiger partial charge on any atom is 0.328 e.